The molecule has 3 heterocycles. The number of rotatable bonds is 5. The molecule has 3 aliphatic heterocycles. The molecule has 180 valence electrons. The number of benzene rings is 3. The number of imide groups is 1. The van der Waals surface area contributed by atoms with E-state index >= 15 is 0 Å². The van der Waals surface area contributed by atoms with E-state index in [-0.39, 0.29) is 12.5 Å². The summed E-state index contributed by atoms with van der Waals surface area (Å²) in [6, 6.07) is 25.2. The highest BCUT2D eigenvalue weighted by atomic mass is 32.2. The van der Waals surface area contributed by atoms with Gasteiger partial charge in [-0.2, -0.15) is 5.10 Å². The van der Waals surface area contributed by atoms with Crippen LogP contribution >= 0.6 is 11.8 Å². The van der Waals surface area contributed by atoms with E-state index in [1.54, 1.807) is 12.1 Å². The summed E-state index contributed by atoms with van der Waals surface area (Å²) < 4.78 is 11.8. The molecule has 2 amide bonds. The van der Waals surface area contributed by atoms with Gasteiger partial charge in [-0.3, -0.25) is 19.7 Å². The van der Waals surface area contributed by atoms with Crippen molar-refractivity contribution in [3.8, 4) is 11.5 Å². The fourth-order valence-electron chi connectivity index (χ4n) is 4.61. The third-order valence-corrected chi connectivity index (χ3v) is 7.30. The van der Waals surface area contributed by atoms with Gasteiger partial charge in [0.25, 0.3) is 5.24 Å². The molecule has 0 spiro atoms. The molecule has 0 bridgehead atoms. The lowest BCUT2D eigenvalue weighted by Gasteiger charge is -2.38. The fourth-order valence-corrected chi connectivity index (χ4v) is 5.42. The van der Waals surface area contributed by atoms with E-state index < -0.39 is 28.6 Å². The van der Waals surface area contributed by atoms with Crippen molar-refractivity contribution in [1.82, 2.24) is 10.3 Å². The number of hydrazone groups is 1. The van der Waals surface area contributed by atoms with Gasteiger partial charge in [0.2, 0.25) is 12.1 Å². The van der Waals surface area contributed by atoms with Gasteiger partial charge in [-0.25, -0.2) is 5.01 Å². The molecule has 0 radical (unpaired) electrons. The van der Waals surface area contributed by atoms with Gasteiger partial charge in [0.1, 0.15) is 16.7 Å². The first-order valence-corrected chi connectivity index (χ1v) is 12.4. The second kappa shape index (κ2) is 9.16. The quantitative estimate of drug-likeness (QED) is 0.406. The molecule has 1 N–H and O–H groups in total. The number of hydrogen-bond acceptors (Lipinski definition) is 8. The van der Waals surface area contributed by atoms with Crippen molar-refractivity contribution in [2.75, 3.05) is 0 Å². The van der Waals surface area contributed by atoms with Crippen LogP contribution in [0.2, 0.25) is 0 Å². The Kier molecular flexibility index (Phi) is 5.69. The number of ether oxygens (including phenoxy) is 2. The number of hydrogen-bond donors (Lipinski definition) is 1. The second-order valence-electron chi connectivity index (χ2n) is 8.65. The van der Waals surface area contributed by atoms with E-state index in [2.05, 4.69) is 23.5 Å². The van der Waals surface area contributed by atoms with Crippen molar-refractivity contribution in [3.05, 3.63) is 95.6 Å². The monoisotopic (exact) mass is 499 g/mol. The van der Waals surface area contributed by atoms with Gasteiger partial charge in [-0.15, -0.1) is 0 Å². The number of amides is 2. The highest BCUT2D eigenvalue weighted by Gasteiger charge is 2.41. The Morgan fingerprint density at radius 3 is 2.53 bits per heavy atom. The summed E-state index contributed by atoms with van der Waals surface area (Å²) in [7, 11) is 0. The Hall–Kier alpha value is -4.11. The zero-order valence-electron chi connectivity index (χ0n) is 19.0. The van der Waals surface area contributed by atoms with Gasteiger partial charge < -0.3 is 9.47 Å². The molecule has 3 aliphatic rings. The number of carbonyl (C=O) groups excluding carboxylic acids is 3. The van der Waals surface area contributed by atoms with Crippen molar-refractivity contribution < 1.29 is 23.9 Å². The molecule has 1 fully saturated rings. The molecule has 3 aromatic rings. The molecule has 6 rings (SSSR count). The summed E-state index contributed by atoms with van der Waals surface area (Å²) in [6.45, 7) is 0. The van der Waals surface area contributed by atoms with E-state index in [0.29, 0.717) is 5.75 Å². The summed E-state index contributed by atoms with van der Waals surface area (Å²) in [5, 5.41) is 7.91. The van der Waals surface area contributed by atoms with Crippen LogP contribution in [0.1, 0.15) is 41.8 Å². The van der Waals surface area contributed by atoms with E-state index in [9.17, 15) is 14.4 Å². The van der Waals surface area contributed by atoms with Crippen LogP contribution in [0.25, 0.3) is 0 Å². The first-order valence-electron chi connectivity index (χ1n) is 11.5. The molecule has 36 heavy (non-hydrogen) atoms. The molecule has 9 heteroatoms. The third-order valence-electron chi connectivity index (χ3n) is 6.32. The second-order valence-corrected chi connectivity index (χ2v) is 9.83. The van der Waals surface area contributed by atoms with Gasteiger partial charge in [0, 0.05) is 17.5 Å². The largest absolute Gasteiger partial charge is 0.464 e. The lowest BCUT2D eigenvalue weighted by Crippen LogP contribution is -2.33. The first kappa shape index (κ1) is 22.4. The van der Waals surface area contributed by atoms with Crippen LogP contribution in [-0.4, -0.2) is 33.1 Å². The Balaban J connectivity index is 1.22. The van der Waals surface area contributed by atoms with Gasteiger partial charge in [-0.05, 0) is 35.9 Å². The molecule has 0 aromatic heterocycles. The average molecular weight is 500 g/mol. The van der Waals surface area contributed by atoms with Crippen molar-refractivity contribution in [2.45, 2.75) is 30.4 Å². The maximum Gasteiger partial charge on any atom is 0.312 e. The Bertz CT molecular complexity index is 1380. The van der Waals surface area contributed by atoms with Crippen molar-refractivity contribution in [1.29, 1.82) is 0 Å². The van der Waals surface area contributed by atoms with E-state index in [1.165, 1.54) is 0 Å². The number of para-hydroxylation sites is 1. The highest BCUT2D eigenvalue weighted by molar-refractivity contribution is 8.15. The Morgan fingerprint density at radius 1 is 1.03 bits per heavy atom. The predicted octanol–water partition coefficient (Wildman–Crippen LogP) is 4.58. The molecule has 3 aromatic carbocycles. The third kappa shape index (κ3) is 4.22. The van der Waals surface area contributed by atoms with Crippen LogP contribution < -0.4 is 14.8 Å². The number of esters is 1. The molecular weight excluding hydrogens is 478 g/mol. The van der Waals surface area contributed by atoms with Crippen molar-refractivity contribution in [3.63, 3.8) is 0 Å². The lowest BCUT2D eigenvalue weighted by atomic mass is 9.96. The van der Waals surface area contributed by atoms with Crippen LogP contribution in [0.3, 0.4) is 0 Å². The van der Waals surface area contributed by atoms with Gasteiger partial charge in [0.05, 0.1) is 18.2 Å². The highest BCUT2D eigenvalue weighted by Crippen LogP contribution is 2.47. The Morgan fingerprint density at radius 2 is 1.78 bits per heavy atom. The smallest absolute Gasteiger partial charge is 0.312 e. The van der Waals surface area contributed by atoms with E-state index in [1.807, 2.05) is 53.5 Å². The number of nitrogens with one attached hydrogen (secondary N) is 1. The number of thioether (sulfide) groups is 1. The number of fused-ring (bicyclic) bond motifs is 3. The molecule has 0 aliphatic carbocycles. The van der Waals surface area contributed by atoms with Crippen molar-refractivity contribution in [2.24, 2.45) is 5.10 Å². The van der Waals surface area contributed by atoms with Crippen LogP contribution in [0.15, 0.2) is 84.0 Å². The molecular formula is C27H21N3O5S. The van der Waals surface area contributed by atoms with Crippen LogP contribution in [0.4, 0.5) is 4.79 Å². The Labute approximate surface area is 211 Å². The molecule has 0 unspecified atom stereocenters. The van der Waals surface area contributed by atoms with Crippen LogP contribution in [0, 0.1) is 0 Å². The van der Waals surface area contributed by atoms with Gasteiger partial charge in [-0.1, -0.05) is 60.3 Å². The zero-order chi connectivity index (χ0) is 24.6. The maximum atomic E-state index is 12.3. The lowest BCUT2D eigenvalue weighted by molar-refractivity contribution is -0.135. The minimum Gasteiger partial charge on any atom is -0.464 e. The molecule has 0 saturated carbocycles. The summed E-state index contributed by atoms with van der Waals surface area (Å²) in [6.07, 6.45) is 0.144. The SMILES string of the molecule is O=C(C[C@@H]1SC(=O)NC1=O)Oc1ccc([C@@H]2Oc3ccccc3[C@H]3CC(c4ccccc4)=NN32)cc1. The normalized spacial score (nSPS) is 22.3. The van der Waals surface area contributed by atoms with Gasteiger partial charge in [0.15, 0.2) is 0 Å². The van der Waals surface area contributed by atoms with E-state index in [0.717, 1.165) is 46.3 Å². The molecule has 8 nitrogen and oxygen atoms in total. The average Bonchev–Trinajstić information content (AvgIpc) is 3.47. The topological polar surface area (TPSA) is 97.3 Å². The van der Waals surface area contributed by atoms with Gasteiger partial charge >= 0.3 is 5.97 Å². The number of carbonyl (C=O) groups is 3. The number of nitrogens with zero attached hydrogens (tertiary/aromatic N) is 2. The maximum absolute atomic E-state index is 12.3. The van der Waals surface area contributed by atoms with Crippen LogP contribution in [-0.2, 0) is 9.59 Å². The fraction of sp³-hybridized carbons (Fsp3) is 0.185. The summed E-state index contributed by atoms with van der Waals surface area (Å²) >= 11 is 0.801. The summed E-state index contributed by atoms with van der Waals surface area (Å²) in [5.74, 6) is 0.124. The zero-order valence-corrected chi connectivity index (χ0v) is 19.8. The predicted molar refractivity (Wildman–Crippen MR) is 134 cm³/mol. The molecule has 1 saturated heterocycles. The summed E-state index contributed by atoms with van der Waals surface area (Å²) in [4.78, 5) is 35.3. The van der Waals surface area contributed by atoms with E-state index in [4.69, 9.17) is 14.6 Å². The molecule has 3 atom stereocenters. The van der Waals surface area contributed by atoms with Crippen LogP contribution in [0.5, 0.6) is 11.5 Å². The summed E-state index contributed by atoms with van der Waals surface area (Å²) in [5.41, 5.74) is 4.05. The minimum atomic E-state index is -0.760. The minimum absolute atomic E-state index is 0.0467. The first-order chi connectivity index (χ1) is 17.5. The van der Waals surface area contributed by atoms with Crippen molar-refractivity contribution >= 4 is 34.6 Å². The standard InChI is InChI=1S/C27H21N3O5S/c31-24(15-23-25(32)28-27(33)36-23)34-18-12-10-17(11-13-18)26-30-21(19-8-4-5-9-22(19)35-26)14-20(29-30)16-6-2-1-3-7-16/h1-13,21,23,26H,14-15H2,(H,28,32,33)/t21-,23+,26+/m1/s1.